The molecular weight excluding hydrogens is 346 g/mol. The highest BCUT2D eigenvalue weighted by Crippen LogP contribution is 2.21. The first-order valence-corrected chi connectivity index (χ1v) is 8.39. The lowest BCUT2D eigenvalue weighted by Gasteiger charge is -2.22. The molecule has 0 aliphatic carbocycles. The Morgan fingerprint density at radius 3 is 1.96 bits per heavy atom. The summed E-state index contributed by atoms with van der Waals surface area (Å²) in [4.78, 5) is 18.9. The van der Waals surface area contributed by atoms with Gasteiger partial charge in [0.15, 0.2) is 0 Å². The van der Waals surface area contributed by atoms with E-state index in [-0.39, 0.29) is 11.6 Å². The molecule has 0 unspecified atom stereocenters. The lowest BCUT2D eigenvalue weighted by molar-refractivity contribution is 0.0722. The van der Waals surface area contributed by atoms with Crippen LogP contribution in [0, 0.1) is 39.0 Å². The van der Waals surface area contributed by atoms with Crippen LogP contribution in [0.3, 0.4) is 0 Å². The molecule has 8 heteroatoms. The van der Waals surface area contributed by atoms with E-state index >= 15 is 0 Å². The summed E-state index contributed by atoms with van der Waals surface area (Å²) in [5.74, 6) is 1.06. The van der Waals surface area contributed by atoms with Crippen molar-refractivity contribution in [3.63, 3.8) is 0 Å². The minimum absolute atomic E-state index is 0.257. The normalized spacial score (nSPS) is 10.6. The molecular formula is C19H19N5O3. The average Bonchev–Trinajstić information content (AvgIpc) is 3.16. The first kappa shape index (κ1) is 18.3. The molecule has 0 aliphatic rings. The molecule has 0 spiro atoms. The van der Waals surface area contributed by atoms with E-state index in [1.54, 1.807) is 17.0 Å². The molecule has 0 aliphatic heterocycles. The molecule has 0 fully saturated rings. The van der Waals surface area contributed by atoms with Gasteiger partial charge in [-0.1, -0.05) is 10.3 Å². The molecule has 0 N–H and O–H groups in total. The standard InChI is InChI=1S/C19H19N5O3/c1-11-16(13(3)26-22-11)9-24(10-17-12(2)23-27-14(17)4)19(25)18-6-5-15(7-20)8-21-18/h5-6,8H,9-10H2,1-4H3. The number of aromatic nitrogens is 3. The van der Waals surface area contributed by atoms with Crippen LogP contribution in [0.25, 0.3) is 0 Å². The fourth-order valence-corrected chi connectivity index (χ4v) is 2.78. The predicted molar refractivity (Wildman–Crippen MR) is 94.5 cm³/mol. The van der Waals surface area contributed by atoms with Crippen molar-refractivity contribution in [1.29, 1.82) is 5.26 Å². The van der Waals surface area contributed by atoms with E-state index in [0.29, 0.717) is 30.2 Å². The second kappa shape index (κ2) is 7.41. The monoisotopic (exact) mass is 365 g/mol. The van der Waals surface area contributed by atoms with E-state index in [2.05, 4.69) is 15.3 Å². The Labute approximate surface area is 156 Å². The zero-order valence-electron chi connectivity index (χ0n) is 15.6. The average molecular weight is 365 g/mol. The largest absolute Gasteiger partial charge is 0.361 e. The molecule has 0 atom stereocenters. The minimum Gasteiger partial charge on any atom is -0.361 e. The van der Waals surface area contributed by atoms with Crippen LogP contribution >= 0.6 is 0 Å². The van der Waals surface area contributed by atoms with E-state index < -0.39 is 0 Å². The second-order valence-electron chi connectivity index (χ2n) is 6.31. The quantitative estimate of drug-likeness (QED) is 0.683. The molecule has 0 bridgehead atoms. The Hall–Kier alpha value is -3.47. The maximum absolute atomic E-state index is 13.1. The van der Waals surface area contributed by atoms with E-state index in [1.807, 2.05) is 33.8 Å². The van der Waals surface area contributed by atoms with Gasteiger partial charge in [0.1, 0.15) is 23.3 Å². The van der Waals surface area contributed by atoms with Crippen molar-refractivity contribution in [2.45, 2.75) is 40.8 Å². The number of hydrogen-bond donors (Lipinski definition) is 0. The van der Waals surface area contributed by atoms with E-state index in [1.165, 1.54) is 6.20 Å². The van der Waals surface area contributed by atoms with Crippen molar-refractivity contribution < 1.29 is 13.8 Å². The summed E-state index contributed by atoms with van der Waals surface area (Å²) in [5, 5.41) is 16.8. The third kappa shape index (κ3) is 3.72. The van der Waals surface area contributed by atoms with Gasteiger partial charge < -0.3 is 13.9 Å². The van der Waals surface area contributed by atoms with Gasteiger partial charge in [-0.05, 0) is 39.8 Å². The van der Waals surface area contributed by atoms with Gasteiger partial charge in [-0.3, -0.25) is 4.79 Å². The van der Waals surface area contributed by atoms with E-state index in [0.717, 1.165) is 22.5 Å². The van der Waals surface area contributed by atoms with Gasteiger partial charge in [0, 0.05) is 17.3 Å². The van der Waals surface area contributed by atoms with Crippen molar-refractivity contribution in [3.05, 3.63) is 63.6 Å². The Kier molecular flexibility index (Phi) is 5.03. The number of nitriles is 1. The maximum atomic E-state index is 13.1. The molecule has 3 rings (SSSR count). The summed E-state index contributed by atoms with van der Waals surface area (Å²) in [6.07, 6.45) is 1.39. The Balaban J connectivity index is 1.95. The number of pyridine rings is 1. The molecule has 3 heterocycles. The topological polar surface area (TPSA) is 109 Å². The van der Waals surface area contributed by atoms with Crippen LogP contribution in [0.4, 0.5) is 0 Å². The van der Waals surface area contributed by atoms with Crippen LogP contribution in [0.5, 0.6) is 0 Å². The van der Waals surface area contributed by atoms with Gasteiger partial charge in [-0.2, -0.15) is 5.26 Å². The lowest BCUT2D eigenvalue weighted by atomic mass is 10.1. The number of hydrogen-bond acceptors (Lipinski definition) is 7. The van der Waals surface area contributed by atoms with Gasteiger partial charge in [0.2, 0.25) is 0 Å². The fraction of sp³-hybridized carbons (Fsp3) is 0.316. The second-order valence-corrected chi connectivity index (χ2v) is 6.31. The molecule has 138 valence electrons. The van der Waals surface area contributed by atoms with Gasteiger partial charge in [-0.25, -0.2) is 4.98 Å². The van der Waals surface area contributed by atoms with Crippen LogP contribution in [-0.4, -0.2) is 26.1 Å². The van der Waals surface area contributed by atoms with Crippen molar-refractivity contribution in [3.8, 4) is 6.07 Å². The molecule has 8 nitrogen and oxygen atoms in total. The molecule has 3 aromatic rings. The molecule has 0 saturated heterocycles. The highest BCUT2D eigenvalue weighted by Gasteiger charge is 2.24. The smallest absolute Gasteiger partial charge is 0.273 e. The van der Waals surface area contributed by atoms with Crippen LogP contribution in [0.2, 0.25) is 0 Å². The lowest BCUT2D eigenvalue weighted by Crippen LogP contribution is -2.31. The molecule has 27 heavy (non-hydrogen) atoms. The highest BCUT2D eigenvalue weighted by atomic mass is 16.5. The number of amides is 1. The van der Waals surface area contributed by atoms with Crippen LogP contribution in [0.15, 0.2) is 27.4 Å². The maximum Gasteiger partial charge on any atom is 0.273 e. The van der Waals surface area contributed by atoms with Gasteiger partial charge >= 0.3 is 0 Å². The van der Waals surface area contributed by atoms with E-state index in [9.17, 15) is 4.79 Å². The zero-order chi connectivity index (χ0) is 19.6. The first-order chi connectivity index (χ1) is 12.9. The number of carbonyl (C=O) groups excluding carboxylic acids is 1. The number of rotatable bonds is 5. The summed E-state index contributed by atoms with van der Waals surface area (Å²) in [5.41, 5.74) is 3.82. The minimum atomic E-state index is -0.264. The van der Waals surface area contributed by atoms with Crippen LogP contribution in [0.1, 0.15) is 50.1 Å². The van der Waals surface area contributed by atoms with Crippen molar-refractivity contribution in [2.24, 2.45) is 0 Å². The summed E-state index contributed by atoms with van der Waals surface area (Å²) in [7, 11) is 0. The van der Waals surface area contributed by atoms with Crippen LogP contribution < -0.4 is 0 Å². The Morgan fingerprint density at radius 2 is 1.59 bits per heavy atom. The van der Waals surface area contributed by atoms with Gasteiger partial charge in [-0.15, -0.1) is 0 Å². The summed E-state index contributed by atoms with van der Waals surface area (Å²) < 4.78 is 10.4. The number of carbonyl (C=O) groups is 1. The molecule has 1 amide bonds. The van der Waals surface area contributed by atoms with Crippen molar-refractivity contribution in [1.82, 2.24) is 20.2 Å². The summed E-state index contributed by atoms with van der Waals surface area (Å²) in [6, 6.07) is 5.12. The fourth-order valence-electron chi connectivity index (χ4n) is 2.78. The third-order valence-electron chi connectivity index (χ3n) is 4.46. The van der Waals surface area contributed by atoms with Gasteiger partial charge in [0.05, 0.1) is 30.0 Å². The van der Waals surface area contributed by atoms with Gasteiger partial charge in [0.25, 0.3) is 5.91 Å². The van der Waals surface area contributed by atoms with Crippen molar-refractivity contribution >= 4 is 5.91 Å². The molecule has 0 aromatic carbocycles. The van der Waals surface area contributed by atoms with E-state index in [4.69, 9.17) is 14.3 Å². The molecule has 0 radical (unpaired) electrons. The number of nitrogens with zero attached hydrogens (tertiary/aromatic N) is 5. The Morgan fingerprint density at radius 1 is 1.04 bits per heavy atom. The first-order valence-electron chi connectivity index (χ1n) is 8.39. The number of aryl methyl sites for hydroxylation is 4. The summed E-state index contributed by atoms with van der Waals surface area (Å²) >= 11 is 0. The third-order valence-corrected chi connectivity index (χ3v) is 4.46. The molecule has 3 aromatic heterocycles. The summed E-state index contributed by atoms with van der Waals surface area (Å²) in [6.45, 7) is 7.92. The molecule has 0 saturated carbocycles. The highest BCUT2D eigenvalue weighted by molar-refractivity contribution is 5.92. The SMILES string of the molecule is Cc1noc(C)c1CN(Cc1c(C)noc1C)C(=O)c1ccc(C#N)cn1. The van der Waals surface area contributed by atoms with Crippen LogP contribution in [-0.2, 0) is 13.1 Å². The predicted octanol–water partition coefficient (Wildman–Crippen LogP) is 3.01. The Bertz CT molecular complexity index is 924. The van der Waals surface area contributed by atoms with Crippen molar-refractivity contribution in [2.75, 3.05) is 0 Å². The zero-order valence-corrected chi connectivity index (χ0v) is 15.6.